The number of fused-ring (bicyclic) bond motifs is 1. The number of halogens is 1. The maximum absolute atomic E-state index is 13.5. The topological polar surface area (TPSA) is 147 Å². The lowest BCUT2D eigenvalue weighted by atomic mass is 10.1. The average Bonchev–Trinajstić information content (AvgIpc) is 3.32. The van der Waals surface area contributed by atoms with E-state index in [-0.39, 0.29) is 30.0 Å². The summed E-state index contributed by atoms with van der Waals surface area (Å²) in [5.41, 5.74) is 10.2. The van der Waals surface area contributed by atoms with Gasteiger partial charge >= 0.3 is 5.97 Å². The summed E-state index contributed by atoms with van der Waals surface area (Å²) >= 11 is 6.40. The van der Waals surface area contributed by atoms with Crippen LogP contribution in [-0.4, -0.2) is 44.0 Å². The number of pyridine rings is 1. The van der Waals surface area contributed by atoms with Gasteiger partial charge in [0.25, 0.3) is 5.91 Å². The molecule has 0 radical (unpaired) electrons. The number of amides is 1. The van der Waals surface area contributed by atoms with Crippen molar-refractivity contribution in [3.63, 3.8) is 0 Å². The molecule has 176 valence electrons. The van der Waals surface area contributed by atoms with E-state index >= 15 is 0 Å². The Kier molecular flexibility index (Phi) is 6.25. The third kappa shape index (κ3) is 4.32. The smallest absolute Gasteiger partial charge is 0.303 e. The Morgan fingerprint density at radius 2 is 2.09 bits per heavy atom. The van der Waals surface area contributed by atoms with Crippen LogP contribution in [0.3, 0.4) is 0 Å². The molecule has 4 rings (SSSR count). The zero-order chi connectivity index (χ0) is 24.6. The number of hydrogen-bond donors (Lipinski definition) is 3. The number of aromatic nitrogens is 4. The van der Waals surface area contributed by atoms with Crippen LogP contribution in [0.2, 0.25) is 5.15 Å². The number of H-pyrrole nitrogens is 1. The van der Waals surface area contributed by atoms with E-state index in [9.17, 15) is 9.59 Å². The van der Waals surface area contributed by atoms with Crippen LogP contribution in [0.5, 0.6) is 5.75 Å². The third-order valence-electron chi connectivity index (χ3n) is 5.60. The Bertz CT molecular complexity index is 1330. The van der Waals surface area contributed by atoms with E-state index in [2.05, 4.69) is 19.9 Å². The number of methoxy groups -OCH3 is 1. The van der Waals surface area contributed by atoms with Gasteiger partial charge in [-0.2, -0.15) is 4.98 Å². The van der Waals surface area contributed by atoms with Crippen molar-refractivity contribution in [3.05, 3.63) is 57.3 Å². The van der Waals surface area contributed by atoms with Gasteiger partial charge < -0.3 is 20.6 Å². The molecule has 3 aromatic rings. The maximum atomic E-state index is 13.5. The first kappa shape index (κ1) is 23.2. The summed E-state index contributed by atoms with van der Waals surface area (Å²) in [6.07, 6.45) is 3.68. The molecule has 1 amide bonds. The molecule has 0 aromatic carbocycles. The van der Waals surface area contributed by atoms with Gasteiger partial charge in [0, 0.05) is 28.7 Å². The molecule has 0 aliphatic carbocycles. The normalized spacial score (nSPS) is 14.1. The van der Waals surface area contributed by atoms with Crippen LogP contribution >= 0.6 is 11.6 Å². The first-order valence-corrected chi connectivity index (χ1v) is 10.8. The monoisotopic (exact) mass is 482 g/mol. The summed E-state index contributed by atoms with van der Waals surface area (Å²) in [5, 5.41) is 8.96. The molecule has 0 unspecified atom stereocenters. The van der Waals surface area contributed by atoms with Gasteiger partial charge in [-0.3, -0.25) is 19.5 Å². The number of nitrogen functional groups attached to an aromatic ring is 1. The van der Waals surface area contributed by atoms with Crippen molar-refractivity contribution in [2.45, 2.75) is 33.2 Å². The summed E-state index contributed by atoms with van der Waals surface area (Å²) in [6.45, 7) is 3.91. The molecule has 3 aromatic heterocycles. The number of aromatic amines is 1. The lowest BCUT2D eigenvalue weighted by Crippen LogP contribution is -2.27. The fraction of sp³-hybridized carbons (Fsp3) is 0.261. The Hall–Kier alpha value is -3.92. The highest BCUT2D eigenvalue weighted by molar-refractivity contribution is 6.41. The second-order valence-electron chi connectivity index (χ2n) is 7.90. The molecule has 10 nitrogen and oxygen atoms in total. The number of rotatable bonds is 7. The van der Waals surface area contributed by atoms with E-state index in [1.807, 2.05) is 13.8 Å². The minimum Gasteiger partial charge on any atom is -0.496 e. The molecule has 11 heteroatoms. The number of carbonyl (C=O) groups is 2. The molecule has 0 atom stereocenters. The molecular formula is C23H23ClN6O4. The highest BCUT2D eigenvalue weighted by atomic mass is 35.5. The molecule has 0 spiro atoms. The number of ether oxygens (including phenoxy) is 1. The van der Waals surface area contributed by atoms with Gasteiger partial charge in [-0.15, -0.1) is 0 Å². The number of carboxylic acid groups (broad SMARTS) is 1. The number of carbonyl (C=O) groups excluding carboxylic acids is 1. The standard InChI is InChI=1S/C23H23ClN6O4/c1-11-9-26-16(12(2)19(11)34-3)10-30-21-18(20(24)28-23(25)29-21)15(22(30)33)8-14-5-4-13(27-14)6-7-17(31)32/h4-5,8-9,27H,6-7,10H2,1-3H3,(H,31,32)(H2,25,28,29). The van der Waals surface area contributed by atoms with Gasteiger partial charge in [-0.25, -0.2) is 4.98 Å². The van der Waals surface area contributed by atoms with Crippen LogP contribution < -0.4 is 15.4 Å². The Balaban J connectivity index is 1.74. The molecule has 1 aliphatic heterocycles. The largest absolute Gasteiger partial charge is 0.496 e. The van der Waals surface area contributed by atoms with E-state index in [1.165, 1.54) is 4.90 Å². The SMILES string of the molecule is COc1c(C)cnc(CN2C(=O)C(=Cc3ccc(CCC(=O)O)[nH]3)c3c(Cl)nc(N)nc32)c1C. The lowest BCUT2D eigenvalue weighted by molar-refractivity contribution is -0.137. The van der Waals surface area contributed by atoms with Crippen molar-refractivity contribution in [1.29, 1.82) is 0 Å². The highest BCUT2D eigenvalue weighted by Crippen LogP contribution is 2.41. The van der Waals surface area contributed by atoms with Crippen LogP contribution in [0.1, 0.15) is 40.2 Å². The maximum Gasteiger partial charge on any atom is 0.303 e. The van der Waals surface area contributed by atoms with Gasteiger partial charge in [0.15, 0.2) is 5.82 Å². The zero-order valence-corrected chi connectivity index (χ0v) is 19.6. The van der Waals surface area contributed by atoms with Gasteiger partial charge in [-0.05, 0) is 38.5 Å². The number of carboxylic acids is 1. The van der Waals surface area contributed by atoms with Crippen LogP contribution in [0.15, 0.2) is 18.3 Å². The van der Waals surface area contributed by atoms with Crippen molar-refractivity contribution < 1.29 is 19.4 Å². The summed E-state index contributed by atoms with van der Waals surface area (Å²) in [7, 11) is 1.59. The average molecular weight is 483 g/mol. The van der Waals surface area contributed by atoms with E-state index in [0.717, 1.165) is 16.8 Å². The number of hydrogen-bond acceptors (Lipinski definition) is 7. The Labute approximate surface area is 200 Å². The van der Waals surface area contributed by atoms with Crippen molar-refractivity contribution in [1.82, 2.24) is 19.9 Å². The van der Waals surface area contributed by atoms with E-state index in [1.54, 1.807) is 31.5 Å². The minimum absolute atomic E-state index is 0.00260. The predicted molar refractivity (Wildman–Crippen MR) is 128 cm³/mol. The number of nitrogens with zero attached hydrogens (tertiary/aromatic N) is 4. The number of nitrogens with two attached hydrogens (primary N) is 1. The zero-order valence-electron chi connectivity index (χ0n) is 18.8. The summed E-state index contributed by atoms with van der Waals surface area (Å²) in [5.74, 6) is -0.271. The molecule has 0 saturated carbocycles. The van der Waals surface area contributed by atoms with Crippen molar-refractivity contribution in [2.24, 2.45) is 0 Å². The van der Waals surface area contributed by atoms with E-state index < -0.39 is 5.97 Å². The second kappa shape index (κ2) is 9.14. The first-order chi connectivity index (χ1) is 16.2. The molecule has 4 N–H and O–H groups in total. The Morgan fingerprint density at radius 1 is 1.32 bits per heavy atom. The van der Waals surface area contributed by atoms with Crippen LogP contribution in [0.25, 0.3) is 11.6 Å². The van der Waals surface area contributed by atoms with Gasteiger partial charge in [-0.1, -0.05) is 11.6 Å². The molecule has 0 bridgehead atoms. The molecule has 0 fully saturated rings. The third-order valence-corrected chi connectivity index (χ3v) is 5.87. The minimum atomic E-state index is -0.886. The molecule has 4 heterocycles. The van der Waals surface area contributed by atoms with E-state index in [0.29, 0.717) is 40.5 Å². The van der Waals surface area contributed by atoms with E-state index in [4.69, 9.17) is 27.2 Å². The molecular weight excluding hydrogens is 460 g/mol. The highest BCUT2D eigenvalue weighted by Gasteiger charge is 2.37. The lowest BCUT2D eigenvalue weighted by Gasteiger charge is -2.19. The number of aryl methyl sites for hydroxylation is 2. The number of anilines is 2. The van der Waals surface area contributed by atoms with Gasteiger partial charge in [0.05, 0.1) is 36.9 Å². The molecule has 1 aliphatic rings. The summed E-state index contributed by atoms with van der Waals surface area (Å²) in [6, 6.07) is 3.54. The quantitative estimate of drug-likeness (QED) is 0.343. The number of nitrogens with one attached hydrogen (secondary N) is 1. The summed E-state index contributed by atoms with van der Waals surface area (Å²) < 4.78 is 5.49. The Morgan fingerprint density at radius 3 is 2.79 bits per heavy atom. The van der Waals surface area contributed by atoms with Gasteiger partial charge in [0.2, 0.25) is 5.95 Å². The van der Waals surface area contributed by atoms with Crippen molar-refractivity contribution in [3.8, 4) is 5.75 Å². The first-order valence-electron chi connectivity index (χ1n) is 10.4. The fourth-order valence-electron chi connectivity index (χ4n) is 3.96. The predicted octanol–water partition coefficient (Wildman–Crippen LogP) is 3.17. The second-order valence-corrected chi connectivity index (χ2v) is 8.26. The fourth-order valence-corrected chi connectivity index (χ4v) is 4.23. The molecule has 0 saturated heterocycles. The van der Waals surface area contributed by atoms with Crippen LogP contribution in [0.4, 0.5) is 11.8 Å². The van der Waals surface area contributed by atoms with Crippen LogP contribution in [-0.2, 0) is 22.6 Å². The number of aliphatic carboxylic acids is 1. The van der Waals surface area contributed by atoms with Gasteiger partial charge in [0.1, 0.15) is 10.9 Å². The summed E-state index contributed by atoms with van der Waals surface area (Å²) in [4.78, 5) is 41.8. The van der Waals surface area contributed by atoms with Crippen molar-refractivity contribution in [2.75, 3.05) is 17.7 Å². The molecule has 34 heavy (non-hydrogen) atoms. The van der Waals surface area contributed by atoms with Crippen LogP contribution in [0, 0.1) is 13.8 Å². The van der Waals surface area contributed by atoms with Crippen molar-refractivity contribution >= 4 is 46.9 Å².